The minimum absolute atomic E-state index is 0.110. The molecule has 0 spiro atoms. The van der Waals surface area contributed by atoms with Gasteiger partial charge in [-0.15, -0.1) is 0 Å². The molecular weight excluding hydrogens is 314 g/mol. The van der Waals surface area contributed by atoms with Crippen LogP contribution in [0.25, 0.3) is 10.9 Å². The van der Waals surface area contributed by atoms with Gasteiger partial charge in [-0.1, -0.05) is 6.07 Å². The van der Waals surface area contributed by atoms with Gasteiger partial charge in [0.25, 0.3) is 0 Å². The Balaban J connectivity index is 1.26. The van der Waals surface area contributed by atoms with Crippen molar-refractivity contribution in [1.29, 1.82) is 0 Å². The predicted molar refractivity (Wildman–Crippen MR) is 96.7 cm³/mol. The molecule has 0 atom stereocenters. The van der Waals surface area contributed by atoms with E-state index in [0.29, 0.717) is 6.54 Å². The van der Waals surface area contributed by atoms with Gasteiger partial charge < -0.3 is 15.3 Å². The number of fused-ring (bicyclic) bond motifs is 1. The van der Waals surface area contributed by atoms with Crippen LogP contribution in [0.4, 0.5) is 0 Å². The summed E-state index contributed by atoms with van der Waals surface area (Å²) in [4.78, 5) is 25.1. The Labute approximate surface area is 146 Å². The van der Waals surface area contributed by atoms with Gasteiger partial charge in [-0.25, -0.2) is 4.98 Å². The monoisotopic (exact) mass is 337 g/mol. The average molecular weight is 337 g/mol. The molecular formula is C19H23N5O. The first-order valence-electron chi connectivity index (χ1n) is 8.82. The first-order valence-corrected chi connectivity index (χ1v) is 8.82. The largest absolute Gasteiger partial charge is 0.361 e. The third-order valence-corrected chi connectivity index (χ3v) is 4.97. The van der Waals surface area contributed by atoms with Gasteiger partial charge in [0.1, 0.15) is 5.82 Å². The van der Waals surface area contributed by atoms with Crippen LogP contribution in [0.3, 0.4) is 0 Å². The molecule has 2 aromatic heterocycles. The molecule has 3 N–H and O–H groups in total. The van der Waals surface area contributed by atoms with E-state index in [1.807, 2.05) is 6.20 Å². The van der Waals surface area contributed by atoms with Crippen LogP contribution in [0.5, 0.6) is 0 Å². The number of carbonyl (C=O) groups is 1. The van der Waals surface area contributed by atoms with E-state index in [0.717, 1.165) is 38.3 Å². The number of hydrogen-bond donors (Lipinski definition) is 3. The van der Waals surface area contributed by atoms with E-state index in [-0.39, 0.29) is 11.8 Å². The third kappa shape index (κ3) is 3.74. The smallest absolute Gasteiger partial charge is 0.223 e. The van der Waals surface area contributed by atoms with Gasteiger partial charge in [0.15, 0.2) is 0 Å². The summed E-state index contributed by atoms with van der Waals surface area (Å²) in [5.74, 6) is 1.05. The van der Waals surface area contributed by atoms with Gasteiger partial charge >= 0.3 is 0 Å². The number of H-pyrrole nitrogens is 2. The van der Waals surface area contributed by atoms with Gasteiger partial charge in [-0.3, -0.25) is 9.69 Å². The Hall–Kier alpha value is -2.60. The van der Waals surface area contributed by atoms with E-state index >= 15 is 0 Å². The van der Waals surface area contributed by atoms with Gasteiger partial charge in [0.05, 0.1) is 6.54 Å². The minimum atomic E-state index is 0.110. The third-order valence-electron chi connectivity index (χ3n) is 4.97. The van der Waals surface area contributed by atoms with Gasteiger partial charge in [-0.05, 0) is 55.1 Å². The number of nitrogens with one attached hydrogen (secondary N) is 3. The summed E-state index contributed by atoms with van der Waals surface area (Å²) < 4.78 is 0. The number of benzene rings is 1. The first-order chi connectivity index (χ1) is 12.3. The zero-order valence-electron chi connectivity index (χ0n) is 14.2. The van der Waals surface area contributed by atoms with E-state index in [1.54, 1.807) is 12.4 Å². The number of rotatable bonds is 5. The Morgan fingerprint density at radius 3 is 2.88 bits per heavy atom. The molecule has 0 radical (unpaired) electrons. The molecule has 25 heavy (non-hydrogen) atoms. The summed E-state index contributed by atoms with van der Waals surface area (Å²) in [7, 11) is 0. The van der Waals surface area contributed by atoms with Crippen molar-refractivity contribution in [3.63, 3.8) is 0 Å². The fourth-order valence-corrected chi connectivity index (χ4v) is 3.52. The molecule has 1 saturated heterocycles. The lowest BCUT2D eigenvalue weighted by Gasteiger charge is -2.31. The summed E-state index contributed by atoms with van der Waals surface area (Å²) in [6.45, 7) is 3.35. The van der Waals surface area contributed by atoms with Crippen LogP contribution in [0, 0.1) is 5.92 Å². The molecule has 0 bridgehead atoms. The Morgan fingerprint density at radius 1 is 1.20 bits per heavy atom. The maximum absolute atomic E-state index is 12.3. The molecule has 3 aromatic rings. The highest BCUT2D eigenvalue weighted by Gasteiger charge is 2.24. The van der Waals surface area contributed by atoms with Crippen molar-refractivity contribution in [2.24, 2.45) is 5.92 Å². The fourth-order valence-electron chi connectivity index (χ4n) is 3.52. The van der Waals surface area contributed by atoms with Crippen LogP contribution in [0.1, 0.15) is 24.2 Å². The van der Waals surface area contributed by atoms with Gasteiger partial charge in [0, 0.05) is 36.6 Å². The lowest BCUT2D eigenvalue weighted by Crippen LogP contribution is -2.40. The number of amides is 1. The van der Waals surface area contributed by atoms with E-state index < -0.39 is 0 Å². The second-order valence-electron chi connectivity index (χ2n) is 6.70. The standard InChI is InChI=1S/C19H23N5O/c25-19(23-12-18-21-7-8-22-18)15-4-9-24(10-5-15)13-14-1-2-17-16(11-14)3-6-20-17/h1-3,6-8,11,15,20H,4-5,9-10,12-13H2,(H,21,22)(H,23,25). The molecule has 1 aliphatic heterocycles. The minimum Gasteiger partial charge on any atom is -0.361 e. The van der Waals surface area contributed by atoms with Crippen molar-refractivity contribution in [2.45, 2.75) is 25.9 Å². The summed E-state index contributed by atoms with van der Waals surface area (Å²) in [5.41, 5.74) is 2.50. The normalized spacial score (nSPS) is 16.3. The lowest BCUT2D eigenvalue weighted by molar-refractivity contribution is -0.126. The molecule has 130 valence electrons. The van der Waals surface area contributed by atoms with E-state index in [9.17, 15) is 4.79 Å². The molecule has 1 amide bonds. The van der Waals surface area contributed by atoms with Crippen LogP contribution in [-0.4, -0.2) is 38.8 Å². The molecule has 1 aromatic carbocycles. The number of aromatic amines is 2. The predicted octanol–water partition coefficient (Wildman–Crippen LogP) is 2.42. The SMILES string of the molecule is O=C(NCc1ncc[nH]1)C1CCN(Cc2ccc3[nH]ccc3c2)CC1. The van der Waals surface area contributed by atoms with E-state index in [1.165, 1.54) is 16.5 Å². The van der Waals surface area contributed by atoms with Crippen molar-refractivity contribution in [3.05, 3.63) is 54.2 Å². The van der Waals surface area contributed by atoms with Crippen molar-refractivity contribution in [1.82, 2.24) is 25.2 Å². The Bertz CT molecular complexity index is 831. The number of hydrogen-bond acceptors (Lipinski definition) is 3. The highest BCUT2D eigenvalue weighted by atomic mass is 16.1. The number of aromatic nitrogens is 3. The van der Waals surface area contributed by atoms with E-state index in [4.69, 9.17) is 0 Å². The zero-order chi connectivity index (χ0) is 17.1. The lowest BCUT2D eigenvalue weighted by atomic mass is 9.95. The number of nitrogens with zero attached hydrogens (tertiary/aromatic N) is 2. The van der Waals surface area contributed by atoms with Crippen LogP contribution in [-0.2, 0) is 17.9 Å². The van der Waals surface area contributed by atoms with E-state index in [2.05, 4.69) is 49.4 Å². The van der Waals surface area contributed by atoms with Crippen LogP contribution in [0.15, 0.2) is 42.9 Å². The highest BCUT2D eigenvalue weighted by molar-refractivity contribution is 5.80. The summed E-state index contributed by atoms with van der Waals surface area (Å²) in [6.07, 6.45) is 7.27. The van der Waals surface area contributed by atoms with Gasteiger partial charge in [-0.2, -0.15) is 0 Å². The average Bonchev–Trinajstić information content (AvgIpc) is 3.31. The summed E-state index contributed by atoms with van der Waals surface area (Å²) in [6, 6.07) is 8.67. The number of likely N-dealkylation sites (tertiary alicyclic amines) is 1. The molecule has 1 fully saturated rings. The summed E-state index contributed by atoms with van der Waals surface area (Å²) >= 11 is 0. The number of piperidine rings is 1. The van der Waals surface area contributed by atoms with Crippen LogP contribution < -0.4 is 5.32 Å². The number of carbonyl (C=O) groups excluding carboxylic acids is 1. The van der Waals surface area contributed by atoms with Crippen molar-refractivity contribution >= 4 is 16.8 Å². The molecule has 0 unspecified atom stereocenters. The van der Waals surface area contributed by atoms with Crippen LogP contribution in [0.2, 0.25) is 0 Å². The van der Waals surface area contributed by atoms with Gasteiger partial charge in [0.2, 0.25) is 5.91 Å². The highest BCUT2D eigenvalue weighted by Crippen LogP contribution is 2.21. The number of imidazole rings is 1. The molecule has 0 aliphatic carbocycles. The molecule has 6 heteroatoms. The molecule has 1 aliphatic rings. The van der Waals surface area contributed by atoms with Crippen LogP contribution >= 0.6 is 0 Å². The Kier molecular flexibility index (Phi) is 4.52. The second-order valence-corrected chi connectivity index (χ2v) is 6.70. The van der Waals surface area contributed by atoms with Crippen molar-refractivity contribution in [2.75, 3.05) is 13.1 Å². The molecule has 6 nitrogen and oxygen atoms in total. The molecule has 3 heterocycles. The quantitative estimate of drug-likeness (QED) is 0.669. The zero-order valence-corrected chi connectivity index (χ0v) is 14.2. The maximum Gasteiger partial charge on any atom is 0.223 e. The topological polar surface area (TPSA) is 76.8 Å². The maximum atomic E-state index is 12.3. The second kappa shape index (κ2) is 7.11. The first kappa shape index (κ1) is 15.9. The van der Waals surface area contributed by atoms with Crippen molar-refractivity contribution < 1.29 is 4.79 Å². The Morgan fingerprint density at radius 2 is 2.08 bits per heavy atom. The molecule has 0 saturated carbocycles. The summed E-state index contributed by atoms with van der Waals surface area (Å²) in [5, 5.41) is 4.24. The van der Waals surface area contributed by atoms with Crippen molar-refractivity contribution in [3.8, 4) is 0 Å². The fraction of sp³-hybridized carbons (Fsp3) is 0.368. The molecule has 4 rings (SSSR count).